The van der Waals surface area contributed by atoms with E-state index < -0.39 is 35.8 Å². The maximum absolute atomic E-state index is 14.2. The first kappa shape index (κ1) is 42.9. The van der Waals surface area contributed by atoms with E-state index in [4.69, 9.17) is 29.4 Å². The number of cyclic esters (lactones) is 2. The summed E-state index contributed by atoms with van der Waals surface area (Å²) in [6, 6.07) is 18.0. The summed E-state index contributed by atoms with van der Waals surface area (Å²) in [6.45, 7) is 4.74. The number of ether oxygens (including phenoxy) is 5. The normalized spacial score (nSPS) is 27.0. The van der Waals surface area contributed by atoms with Gasteiger partial charge in [-0.1, -0.05) is 62.2 Å². The SMILES string of the molecule is CCCCC1C(C)OC(=O)C(N)CCCC1Oc1cccc(CC2OC(=O)C(NC(=O)c3nccc(OC)c3O)CCCC(OCC3CC3)C2Cc2ccccc2)c1. The molecule has 0 bridgehead atoms. The third-order valence-corrected chi connectivity index (χ3v) is 11.9. The predicted octanol–water partition coefficient (Wildman–Crippen LogP) is 6.88. The van der Waals surface area contributed by atoms with Crippen LogP contribution in [0, 0.1) is 17.8 Å². The van der Waals surface area contributed by atoms with Crippen molar-refractivity contribution in [2.75, 3.05) is 13.7 Å². The van der Waals surface area contributed by atoms with E-state index in [1.54, 1.807) is 0 Å². The monoisotopic (exact) mass is 799 g/mol. The van der Waals surface area contributed by atoms with Crippen molar-refractivity contribution in [2.45, 2.75) is 134 Å². The molecule has 2 saturated heterocycles. The maximum atomic E-state index is 14.2. The molecule has 3 fully saturated rings. The highest BCUT2D eigenvalue weighted by molar-refractivity contribution is 5.98. The molecule has 4 N–H and O–H groups in total. The zero-order chi connectivity index (χ0) is 41.0. The third-order valence-electron chi connectivity index (χ3n) is 11.9. The number of pyridine rings is 1. The van der Waals surface area contributed by atoms with Crippen LogP contribution in [0.25, 0.3) is 0 Å². The van der Waals surface area contributed by atoms with Crippen molar-refractivity contribution in [2.24, 2.45) is 23.5 Å². The van der Waals surface area contributed by atoms with Crippen LogP contribution in [0.2, 0.25) is 0 Å². The Hall–Kier alpha value is -4.68. The molecule has 8 unspecified atom stereocenters. The van der Waals surface area contributed by atoms with Gasteiger partial charge in [0.1, 0.15) is 36.1 Å². The molecule has 3 heterocycles. The van der Waals surface area contributed by atoms with Crippen molar-refractivity contribution in [1.29, 1.82) is 0 Å². The molecule has 314 valence electrons. The highest BCUT2D eigenvalue weighted by Gasteiger charge is 2.39. The smallest absolute Gasteiger partial charge is 0.328 e. The summed E-state index contributed by atoms with van der Waals surface area (Å²) in [5.41, 5.74) is 7.96. The number of nitrogens with two attached hydrogens (primary N) is 1. The van der Waals surface area contributed by atoms with Crippen LogP contribution in [0.4, 0.5) is 0 Å². The number of carbonyl (C=O) groups is 3. The van der Waals surface area contributed by atoms with Crippen LogP contribution >= 0.6 is 0 Å². The molecule has 2 aromatic carbocycles. The van der Waals surface area contributed by atoms with E-state index in [9.17, 15) is 19.5 Å². The zero-order valence-electron chi connectivity index (χ0n) is 34.2. The predicted molar refractivity (Wildman–Crippen MR) is 218 cm³/mol. The van der Waals surface area contributed by atoms with Crippen molar-refractivity contribution in [3.63, 3.8) is 0 Å². The second-order valence-corrected chi connectivity index (χ2v) is 16.3. The number of nitrogens with zero attached hydrogens (tertiary/aromatic N) is 1. The number of rotatable bonds is 15. The summed E-state index contributed by atoms with van der Waals surface area (Å²) in [4.78, 5) is 44.5. The number of esters is 2. The van der Waals surface area contributed by atoms with Gasteiger partial charge in [0.15, 0.2) is 17.2 Å². The Morgan fingerprint density at radius 2 is 1.66 bits per heavy atom. The lowest BCUT2D eigenvalue weighted by atomic mass is 9.84. The molecular weight excluding hydrogens is 739 g/mol. The van der Waals surface area contributed by atoms with Crippen LogP contribution in [-0.2, 0) is 36.6 Å². The van der Waals surface area contributed by atoms with E-state index in [0.29, 0.717) is 56.8 Å². The molecule has 1 saturated carbocycles. The molecule has 1 aliphatic carbocycles. The fourth-order valence-corrected chi connectivity index (χ4v) is 8.32. The topological polar surface area (TPSA) is 169 Å². The van der Waals surface area contributed by atoms with Gasteiger partial charge < -0.3 is 39.8 Å². The van der Waals surface area contributed by atoms with E-state index in [1.807, 2.05) is 49.4 Å². The second kappa shape index (κ2) is 20.8. The van der Waals surface area contributed by atoms with Crippen LogP contribution < -0.4 is 20.5 Å². The number of hydrogen-bond acceptors (Lipinski definition) is 11. The molecule has 1 amide bonds. The average molecular weight is 800 g/mol. The number of benzene rings is 2. The minimum absolute atomic E-state index is 0.00553. The van der Waals surface area contributed by atoms with Crippen LogP contribution in [-0.4, -0.2) is 78.2 Å². The summed E-state index contributed by atoms with van der Waals surface area (Å²) in [7, 11) is 1.39. The standard InChI is InChI=1S/C46H61N3O9/c1-4-5-16-34-29(2)56-45(52)36(47)17-10-20-39(34)57-33-15-9-14-32(25-33)27-41-35(26-30-12-7-6-8-13-30)38(55-28-31-21-22-31)19-11-18-37(46(53)58-41)49-44(51)42-43(50)40(54-3)23-24-48-42/h6-9,12-15,23-25,29,31,34-39,41,50H,4-5,10-11,16-22,26-28,47H2,1-3H3,(H,49,51). The molecule has 3 aliphatic rings. The number of aromatic nitrogens is 1. The van der Waals surface area contributed by atoms with E-state index >= 15 is 0 Å². The Morgan fingerprint density at radius 3 is 2.41 bits per heavy atom. The number of nitrogens with one attached hydrogen (secondary N) is 1. The first-order valence-corrected chi connectivity index (χ1v) is 21.2. The van der Waals surface area contributed by atoms with Crippen LogP contribution in [0.5, 0.6) is 17.2 Å². The largest absolute Gasteiger partial charge is 0.503 e. The Morgan fingerprint density at radius 1 is 0.897 bits per heavy atom. The molecule has 0 spiro atoms. The van der Waals surface area contributed by atoms with Crippen molar-refractivity contribution in [1.82, 2.24) is 10.3 Å². The Balaban J connectivity index is 1.29. The molecule has 3 aromatic rings. The van der Waals surface area contributed by atoms with Gasteiger partial charge >= 0.3 is 11.9 Å². The van der Waals surface area contributed by atoms with Gasteiger partial charge in [-0.2, -0.15) is 0 Å². The lowest BCUT2D eigenvalue weighted by Gasteiger charge is -2.34. The molecule has 12 nitrogen and oxygen atoms in total. The van der Waals surface area contributed by atoms with E-state index in [1.165, 1.54) is 19.4 Å². The number of amides is 1. The Kier molecular flexibility index (Phi) is 15.4. The number of carbonyl (C=O) groups excluding carboxylic acids is 3. The molecule has 8 atom stereocenters. The molecule has 12 heteroatoms. The van der Waals surface area contributed by atoms with Crippen molar-refractivity contribution < 1.29 is 43.2 Å². The van der Waals surface area contributed by atoms with E-state index in [2.05, 4.69) is 29.4 Å². The minimum Gasteiger partial charge on any atom is -0.503 e. The van der Waals surface area contributed by atoms with Crippen molar-refractivity contribution in [3.8, 4) is 17.2 Å². The van der Waals surface area contributed by atoms with Gasteiger partial charge in [0.2, 0.25) is 0 Å². The first-order valence-electron chi connectivity index (χ1n) is 21.2. The summed E-state index contributed by atoms with van der Waals surface area (Å²) in [6.07, 6.45) is 9.78. The fraction of sp³-hybridized carbons (Fsp3) is 0.565. The highest BCUT2D eigenvalue weighted by atomic mass is 16.6. The fourth-order valence-electron chi connectivity index (χ4n) is 8.32. The third kappa shape index (κ3) is 11.7. The van der Waals surface area contributed by atoms with Gasteiger partial charge in [0.05, 0.1) is 13.2 Å². The first-order chi connectivity index (χ1) is 28.1. The minimum atomic E-state index is -0.982. The van der Waals surface area contributed by atoms with Crippen molar-refractivity contribution >= 4 is 17.8 Å². The van der Waals surface area contributed by atoms with Crippen LogP contribution in [0.3, 0.4) is 0 Å². The number of hydrogen-bond donors (Lipinski definition) is 3. The van der Waals surface area contributed by atoms with Gasteiger partial charge in [0.25, 0.3) is 5.91 Å². The highest BCUT2D eigenvalue weighted by Crippen LogP contribution is 2.35. The summed E-state index contributed by atoms with van der Waals surface area (Å²) >= 11 is 0. The number of unbranched alkanes of at least 4 members (excludes halogenated alkanes) is 1. The molecule has 0 radical (unpaired) electrons. The number of aromatic hydroxyl groups is 1. The van der Waals surface area contributed by atoms with Crippen LogP contribution in [0.1, 0.15) is 106 Å². The van der Waals surface area contributed by atoms with Crippen molar-refractivity contribution in [3.05, 3.63) is 83.7 Å². The second-order valence-electron chi connectivity index (χ2n) is 16.3. The number of methoxy groups -OCH3 is 1. The molecule has 2 aliphatic heterocycles. The Labute approximate surface area is 342 Å². The molecular formula is C46H61N3O9. The zero-order valence-corrected chi connectivity index (χ0v) is 34.2. The van der Waals surface area contributed by atoms with E-state index in [-0.39, 0.29) is 47.6 Å². The summed E-state index contributed by atoms with van der Waals surface area (Å²) in [5, 5.41) is 13.5. The molecule has 1 aromatic heterocycles. The maximum Gasteiger partial charge on any atom is 0.328 e. The van der Waals surface area contributed by atoms with Gasteiger partial charge in [-0.05, 0) is 100 Å². The molecule has 58 heavy (non-hydrogen) atoms. The summed E-state index contributed by atoms with van der Waals surface area (Å²) in [5.74, 6) is -0.882. The van der Waals surface area contributed by atoms with E-state index in [0.717, 1.165) is 56.1 Å². The lowest BCUT2D eigenvalue weighted by molar-refractivity contribution is -0.157. The average Bonchev–Trinajstić information content (AvgIpc) is 4.04. The van der Waals surface area contributed by atoms with Gasteiger partial charge in [0, 0.05) is 37.1 Å². The van der Waals surface area contributed by atoms with Gasteiger partial charge in [-0.3, -0.25) is 9.59 Å². The van der Waals surface area contributed by atoms with Gasteiger partial charge in [-0.15, -0.1) is 0 Å². The van der Waals surface area contributed by atoms with Crippen LogP contribution in [0.15, 0.2) is 66.9 Å². The summed E-state index contributed by atoms with van der Waals surface area (Å²) < 4.78 is 31.1. The van der Waals surface area contributed by atoms with Gasteiger partial charge in [-0.25, -0.2) is 9.78 Å². The lowest BCUT2D eigenvalue weighted by Crippen LogP contribution is -2.45. The quantitative estimate of drug-likeness (QED) is 0.137. The Bertz CT molecular complexity index is 1800. The molecule has 6 rings (SSSR count).